The van der Waals surface area contributed by atoms with Gasteiger partial charge in [0.15, 0.2) is 0 Å². The Kier molecular flexibility index (Phi) is 8.75. The highest BCUT2D eigenvalue weighted by Gasteiger charge is 2.20. The summed E-state index contributed by atoms with van der Waals surface area (Å²) in [6.07, 6.45) is 0. The number of carbonyl (C=O) groups excluding carboxylic acids is 2. The van der Waals surface area contributed by atoms with Gasteiger partial charge in [0.25, 0.3) is 5.91 Å². The summed E-state index contributed by atoms with van der Waals surface area (Å²) >= 11 is 1.25. The quantitative estimate of drug-likeness (QED) is 0.282. The number of carboxylic acid groups (broad SMARTS) is 2. The van der Waals surface area contributed by atoms with Crippen molar-refractivity contribution in [2.45, 2.75) is 17.1 Å². The number of amides is 2. The van der Waals surface area contributed by atoms with Gasteiger partial charge < -0.3 is 30.3 Å². The van der Waals surface area contributed by atoms with Crippen LogP contribution in [0.1, 0.15) is 38.0 Å². The molecule has 1 atom stereocenters. The standard InChI is InChI=1S/C26H24N2O8S/c1-14(23(29)28-21-13-17(35-2)8-10-22(21)36-3)37-18-6-4-5-16(12-18)27-24(30)19-9-7-15(25(31)32)11-20(19)26(33)34/h4-14H,1-3H3,(H,27,30)(H,28,29)(H,31,32)(H,33,34). The van der Waals surface area contributed by atoms with Crippen LogP contribution in [0.5, 0.6) is 11.5 Å². The van der Waals surface area contributed by atoms with E-state index < -0.39 is 28.7 Å². The molecule has 37 heavy (non-hydrogen) atoms. The number of carbonyl (C=O) groups is 4. The first-order valence-electron chi connectivity index (χ1n) is 10.8. The van der Waals surface area contributed by atoms with Crippen LogP contribution in [0.25, 0.3) is 0 Å². The van der Waals surface area contributed by atoms with E-state index in [2.05, 4.69) is 10.6 Å². The molecule has 0 aliphatic heterocycles. The zero-order valence-electron chi connectivity index (χ0n) is 20.1. The Morgan fingerprint density at radius 2 is 1.59 bits per heavy atom. The minimum atomic E-state index is -1.43. The number of thioether (sulfide) groups is 1. The van der Waals surface area contributed by atoms with Crippen LogP contribution < -0.4 is 20.1 Å². The monoisotopic (exact) mass is 524 g/mol. The molecule has 3 aromatic rings. The molecule has 0 fully saturated rings. The highest BCUT2D eigenvalue weighted by molar-refractivity contribution is 8.00. The summed E-state index contributed by atoms with van der Waals surface area (Å²) in [5.41, 5.74) is -0.0258. The van der Waals surface area contributed by atoms with E-state index in [4.69, 9.17) is 14.6 Å². The Bertz CT molecular complexity index is 1360. The highest BCUT2D eigenvalue weighted by Crippen LogP contribution is 2.31. The second-order valence-corrected chi connectivity index (χ2v) is 9.08. The molecule has 0 spiro atoms. The molecule has 0 saturated heterocycles. The lowest BCUT2D eigenvalue weighted by molar-refractivity contribution is -0.115. The van der Waals surface area contributed by atoms with Gasteiger partial charge in [0.2, 0.25) is 5.91 Å². The van der Waals surface area contributed by atoms with Gasteiger partial charge in [-0.3, -0.25) is 9.59 Å². The second kappa shape index (κ2) is 12.0. The van der Waals surface area contributed by atoms with Crippen molar-refractivity contribution < 1.29 is 38.9 Å². The van der Waals surface area contributed by atoms with Crippen molar-refractivity contribution in [1.29, 1.82) is 0 Å². The number of hydrogen-bond donors (Lipinski definition) is 4. The van der Waals surface area contributed by atoms with Crippen molar-refractivity contribution >= 4 is 46.9 Å². The molecule has 0 saturated carbocycles. The zero-order valence-corrected chi connectivity index (χ0v) is 20.9. The average Bonchev–Trinajstić information content (AvgIpc) is 2.88. The molecule has 0 aliphatic rings. The molecule has 192 valence electrons. The Labute approximate surface area is 216 Å². The van der Waals surface area contributed by atoms with E-state index >= 15 is 0 Å². The topological polar surface area (TPSA) is 151 Å². The van der Waals surface area contributed by atoms with Gasteiger partial charge in [-0.05, 0) is 55.5 Å². The van der Waals surface area contributed by atoms with Gasteiger partial charge in [-0.25, -0.2) is 9.59 Å². The van der Waals surface area contributed by atoms with Gasteiger partial charge in [-0.15, -0.1) is 11.8 Å². The number of benzene rings is 3. The third-order valence-corrected chi connectivity index (χ3v) is 6.27. The Balaban J connectivity index is 1.72. The summed E-state index contributed by atoms with van der Waals surface area (Å²) in [4.78, 5) is 49.0. The molecule has 0 bridgehead atoms. The summed E-state index contributed by atoms with van der Waals surface area (Å²) in [6.45, 7) is 1.72. The summed E-state index contributed by atoms with van der Waals surface area (Å²) in [7, 11) is 3.01. The highest BCUT2D eigenvalue weighted by atomic mass is 32.2. The number of hydrogen-bond acceptors (Lipinski definition) is 7. The molecule has 4 N–H and O–H groups in total. The van der Waals surface area contributed by atoms with E-state index in [9.17, 15) is 24.3 Å². The van der Waals surface area contributed by atoms with Crippen molar-refractivity contribution in [2.75, 3.05) is 24.9 Å². The SMILES string of the molecule is COc1ccc(OC)c(NC(=O)C(C)Sc2cccc(NC(=O)c3ccc(C(=O)O)cc3C(=O)O)c2)c1. The fourth-order valence-corrected chi connectivity index (χ4v) is 4.23. The predicted octanol–water partition coefficient (Wildman–Crippen LogP) is 4.47. The minimum absolute atomic E-state index is 0.185. The van der Waals surface area contributed by atoms with Crippen LogP contribution in [0, 0.1) is 0 Å². The van der Waals surface area contributed by atoms with E-state index in [0.717, 1.165) is 18.2 Å². The number of methoxy groups -OCH3 is 2. The van der Waals surface area contributed by atoms with Crippen LogP contribution in [-0.4, -0.2) is 53.4 Å². The largest absolute Gasteiger partial charge is 0.497 e. The van der Waals surface area contributed by atoms with Crippen LogP contribution in [-0.2, 0) is 4.79 Å². The Morgan fingerprint density at radius 3 is 2.24 bits per heavy atom. The first kappa shape index (κ1) is 27.1. The number of aromatic carboxylic acids is 2. The molecule has 3 aromatic carbocycles. The van der Waals surface area contributed by atoms with Crippen molar-refractivity contribution in [2.24, 2.45) is 0 Å². The first-order valence-corrected chi connectivity index (χ1v) is 11.7. The van der Waals surface area contributed by atoms with Gasteiger partial charge in [0.05, 0.1) is 41.8 Å². The lowest BCUT2D eigenvalue weighted by Crippen LogP contribution is -2.22. The minimum Gasteiger partial charge on any atom is -0.497 e. The second-order valence-electron chi connectivity index (χ2n) is 7.67. The summed E-state index contributed by atoms with van der Waals surface area (Å²) in [5, 5.41) is 23.4. The lowest BCUT2D eigenvalue weighted by atomic mass is 10.0. The molecule has 11 heteroatoms. The van der Waals surface area contributed by atoms with Gasteiger partial charge in [-0.2, -0.15) is 0 Å². The first-order chi connectivity index (χ1) is 17.6. The smallest absolute Gasteiger partial charge is 0.336 e. The van der Waals surface area contributed by atoms with Gasteiger partial charge >= 0.3 is 11.9 Å². The van der Waals surface area contributed by atoms with E-state index in [1.54, 1.807) is 49.4 Å². The fraction of sp³-hybridized carbons (Fsp3) is 0.154. The average molecular weight is 525 g/mol. The number of rotatable bonds is 10. The van der Waals surface area contributed by atoms with Crippen LogP contribution in [0.4, 0.5) is 11.4 Å². The number of carboxylic acids is 2. The van der Waals surface area contributed by atoms with Gasteiger partial charge in [0.1, 0.15) is 11.5 Å². The van der Waals surface area contributed by atoms with Crippen molar-refractivity contribution in [3.8, 4) is 11.5 Å². The molecule has 0 aromatic heterocycles. The molecule has 1 unspecified atom stereocenters. The van der Waals surface area contributed by atoms with E-state index in [-0.39, 0.29) is 17.0 Å². The predicted molar refractivity (Wildman–Crippen MR) is 138 cm³/mol. The maximum Gasteiger partial charge on any atom is 0.336 e. The molecule has 10 nitrogen and oxygen atoms in total. The maximum atomic E-state index is 12.8. The van der Waals surface area contributed by atoms with Crippen LogP contribution >= 0.6 is 11.8 Å². The Morgan fingerprint density at radius 1 is 0.838 bits per heavy atom. The lowest BCUT2D eigenvalue weighted by Gasteiger charge is -2.15. The molecule has 0 radical (unpaired) electrons. The summed E-state index contributed by atoms with van der Waals surface area (Å²) in [6, 6.07) is 15.0. The van der Waals surface area contributed by atoms with Gasteiger partial charge in [0, 0.05) is 16.6 Å². The van der Waals surface area contributed by atoms with Crippen LogP contribution in [0.3, 0.4) is 0 Å². The Hall–Kier alpha value is -4.51. The van der Waals surface area contributed by atoms with Gasteiger partial charge in [-0.1, -0.05) is 6.07 Å². The molecular weight excluding hydrogens is 500 g/mol. The summed E-state index contributed by atoms with van der Waals surface area (Å²) in [5.74, 6) is -2.69. The fourth-order valence-electron chi connectivity index (χ4n) is 3.30. The third-order valence-electron chi connectivity index (χ3n) is 5.18. The third kappa shape index (κ3) is 6.79. The van der Waals surface area contributed by atoms with E-state index in [0.29, 0.717) is 27.8 Å². The molecule has 0 aliphatic carbocycles. The number of ether oxygens (including phenoxy) is 2. The van der Waals surface area contributed by atoms with Crippen molar-refractivity contribution in [3.05, 3.63) is 77.4 Å². The normalized spacial score (nSPS) is 11.2. The molecular formula is C26H24N2O8S. The molecule has 3 rings (SSSR count). The van der Waals surface area contributed by atoms with E-state index in [1.807, 2.05) is 0 Å². The van der Waals surface area contributed by atoms with Crippen LogP contribution in [0.2, 0.25) is 0 Å². The maximum absolute atomic E-state index is 12.8. The van der Waals surface area contributed by atoms with E-state index in [1.165, 1.54) is 26.0 Å². The summed E-state index contributed by atoms with van der Waals surface area (Å²) < 4.78 is 10.5. The molecule has 0 heterocycles. The number of nitrogens with one attached hydrogen (secondary N) is 2. The molecule has 2 amide bonds. The van der Waals surface area contributed by atoms with Crippen molar-refractivity contribution in [3.63, 3.8) is 0 Å². The van der Waals surface area contributed by atoms with Crippen molar-refractivity contribution in [1.82, 2.24) is 0 Å². The van der Waals surface area contributed by atoms with Crippen LogP contribution in [0.15, 0.2) is 65.6 Å². The zero-order chi connectivity index (χ0) is 27.1. The number of anilines is 2.